The Morgan fingerprint density at radius 2 is 1.93 bits per heavy atom. The van der Waals surface area contributed by atoms with E-state index in [0.717, 1.165) is 10.5 Å². The predicted molar refractivity (Wildman–Crippen MR) is 102 cm³/mol. The van der Waals surface area contributed by atoms with Gasteiger partial charge in [-0.15, -0.1) is 13.2 Å². The van der Waals surface area contributed by atoms with Crippen LogP contribution in [-0.4, -0.2) is 59.6 Å². The first-order chi connectivity index (χ1) is 13.4. The molecular weight excluding hydrogens is 362 g/mol. The Kier molecular flexibility index (Phi) is 5.39. The van der Waals surface area contributed by atoms with Crippen molar-refractivity contribution in [1.29, 1.82) is 0 Å². The van der Waals surface area contributed by atoms with Crippen LogP contribution in [-0.2, 0) is 16.0 Å². The van der Waals surface area contributed by atoms with Crippen LogP contribution in [0.2, 0.25) is 0 Å². The molecule has 1 fully saturated rings. The van der Waals surface area contributed by atoms with E-state index >= 15 is 0 Å². The standard InChI is InChI=1S/C20H23N3O5/c1-4-8-22(9-5-2)17(24)12-23-18(25)20(3,21-19(23)26)11-14-6-7-15-16(10-14)28-13-27-15/h4-7,10H,1-2,8-9,11-13H2,3H3,(H,21,26)/t20-/m0/s1. The highest BCUT2D eigenvalue weighted by atomic mass is 16.7. The van der Waals surface area contributed by atoms with Crippen molar-refractivity contribution in [1.82, 2.24) is 15.1 Å². The second kappa shape index (κ2) is 7.75. The van der Waals surface area contributed by atoms with Crippen LogP contribution < -0.4 is 14.8 Å². The van der Waals surface area contributed by atoms with Crippen LogP contribution >= 0.6 is 0 Å². The highest BCUT2D eigenvalue weighted by Crippen LogP contribution is 2.34. The van der Waals surface area contributed by atoms with Crippen LogP contribution in [0.5, 0.6) is 11.5 Å². The van der Waals surface area contributed by atoms with E-state index in [-0.39, 0.29) is 25.7 Å². The Balaban J connectivity index is 1.72. The highest BCUT2D eigenvalue weighted by Gasteiger charge is 2.48. The summed E-state index contributed by atoms with van der Waals surface area (Å²) >= 11 is 0. The summed E-state index contributed by atoms with van der Waals surface area (Å²) in [6, 6.07) is 4.80. The first-order valence-electron chi connectivity index (χ1n) is 8.90. The number of hydrogen-bond donors (Lipinski definition) is 1. The van der Waals surface area contributed by atoms with Crippen LogP contribution in [0.25, 0.3) is 0 Å². The van der Waals surface area contributed by atoms with Crippen molar-refractivity contribution in [3.63, 3.8) is 0 Å². The summed E-state index contributed by atoms with van der Waals surface area (Å²) in [5.41, 5.74) is -0.333. The lowest BCUT2D eigenvalue weighted by atomic mass is 9.92. The summed E-state index contributed by atoms with van der Waals surface area (Å²) in [7, 11) is 0. The monoisotopic (exact) mass is 385 g/mol. The fourth-order valence-corrected chi connectivity index (χ4v) is 3.29. The maximum absolute atomic E-state index is 12.9. The van der Waals surface area contributed by atoms with Crippen molar-refractivity contribution in [3.05, 3.63) is 49.1 Å². The van der Waals surface area contributed by atoms with Crippen molar-refractivity contribution in [2.45, 2.75) is 18.9 Å². The molecule has 1 N–H and O–H groups in total. The maximum atomic E-state index is 12.9. The normalized spacial score (nSPS) is 20.1. The van der Waals surface area contributed by atoms with Crippen molar-refractivity contribution in [2.75, 3.05) is 26.4 Å². The Bertz CT molecular complexity index is 827. The molecule has 4 amide bonds. The van der Waals surface area contributed by atoms with E-state index in [1.165, 1.54) is 4.90 Å². The summed E-state index contributed by atoms with van der Waals surface area (Å²) in [6.45, 7) is 9.32. The molecule has 148 valence electrons. The molecule has 8 nitrogen and oxygen atoms in total. The minimum absolute atomic E-state index is 0.160. The van der Waals surface area contributed by atoms with E-state index in [1.54, 1.807) is 31.2 Å². The lowest BCUT2D eigenvalue weighted by Gasteiger charge is -2.24. The van der Waals surface area contributed by atoms with Crippen LogP contribution in [0.15, 0.2) is 43.5 Å². The van der Waals surface area contributed by atoms with Crippen LogP contribution in [0, 0.1) is 0 Å². The molecule has 8 heteroatoms. The summed E-state index contributed by atoms with van der Waals surface area (Å²) in [6.07, 6.45) is 3.43. The fourth-order valence-electron chi connectivity index (χ4n) is 3.29. The molecule has 1 aromatic carbocycles. The number of carbonyl (C=O) groups is 3. The molecule has 0 bridgehead atoms. The molecule has 1 atom stereocenters. The number of nitrogens with one attached hydrogen (secondary N) is 1. The number of benzene rings is 1. The quantitative estimate of drug-likeness (QED) is 0.541. The van der Waals surface area contributed by atoms with Gasteiger partial charge in [-0.2, -0.15) is 0 Å². The molecule has 1 saturated heterocycles. The third-order valence-electron chi connectivity index (χ3n) is 4.68. The molecule has 2 heterocycles. The average molecular weight is 385 g/mol. The summed E-state index contributed by atoms with van der Waals surface area (Å²) in [5, 5.41) is 2.71. The van der Waals surface area contributed by atoms with Gasteiger partial charge in [0.1, 0.15) is 12.1 Å². The van der Waals surface area contributed by atoms with E-state index in [0.29, 0.717) is 24.6 Å². The van der Waals surface area contributed by atoms with Gasteiger partial charge in [-0.25, -0.2) is 4.79 Å². The van der Waals surface area contributed by atoms with Gasteiger partial charge in [0, 0.05) is 19.5 Å². The second-order valence-electron chi connectivity index (χ2n) is 6.89. The zero-order valence-corrected chi connectivity index (χ0v) is 15.8. The van der Waals surface area contributed by atoms with Gasteiger partial charge in [-0.3, -0.25) is 14.5 Å². The van der Waals surface area contributed by atoms with E-state index in [4.69, 9.17) is 9.47 Å². The number of nitrogens with zero attached hydrogens (tertiary/aromatic N) is 2. The average Bonchev–Trinajstić information content (AvgIpc) is 3.19. The van der Waals surface area contributed by atoms with E-state index in [2.05, 4.69) is 18.5 Å². The molecule has 0 aliphatic carbocycles. The number of amides is 4. The van der Waals surface area contributed by atoms with Crippen LogP contribution in [0.3, 0.4) is 0 Å². The topological polar surface area (TPSA) is 88.2 Å². The van der Waals surface area contributed by atoms with Gasteiger partial charge in [0.15, 0.2) is 11.5 Å². The summed E-state index contributed by atoms with van der Waals surface area (Å²) < 4.78 is 10.6. The van der Waals surface area contributed by atoms with E-state index in [9.17, 15) is 14.4 Å². The Hall–Kier alpha value is -3.29. The molecule has 1 aromatic rings. The minimum Gasteiger partial charge on any atom is -0.454 e. The number of imide groups is 1. The van der Waals surface area contributed by atoms with Gasteiger partial charge in [0.2, 0.25) is 12.7 Å². The third-order valence-corrected chi connectivity index (χ3v) is 4.68. The molecule has 3 rings (SSSR count). The van der Waals surface area contributed by atoms with Gasteiger partial charge in [0.05, 0.1) is 0 Å². The molecule has 2 aliphatic heterocycles. The number of hydrogen-bond acceptors (Lipinski definition) is 5. The number of carbonyl (C=O) groups excluding carboxylic acids is 3. The maximum Gasteiger partial charge on any atom is 0.325 e. The number of urea groups is 1. The van der Waals surface area contributed by atoms with Crippen LogP contribution in [0.1, 0.15) is 12.5 Å². The number of fused-ring (bicyclic) bond motifs is 1. The number of rotatable bonds is 8. The largest absolute Gasteiger partial charge is 0.454 e. The summed E-state index contributed by atoms with van der Waals surface area (Å²) in [5.74, 6) is 0.457. The van der Waals surface area contributed by atoms with Crippen molar-refractivity contribution in [2.24, 2.45) is 0 Å². The Morgan fingerprint density at radius 3 is 2.61 bits per heavy atom. The first kappa shape index (κ1) is 19.5. The number of ether oxygens (including phenoxy) is 2. The first-order valence-corrected chi connectivity index (χ1v) is 8.90. The molecule has 0 spiro atoms. The lowest BCUT2D eigenvalue weighted by molar-refractivity contribution is -0.138. The summed E-state index contributed by atoms with van der Waals surface area (Å²) in [4.78, 5) is 40.2. The Morgan fingerprint density at radius 1 is 1.25 bits per heavy atom. The molecule has 0 aromatic heterocycles. The lowest BCUT2D eigenvalue weighted by Crippen LogP contribution is -2.47. The molecule has 0 unspecified atom stereocenters. The third kappa shape index (κ3) is 3.71. The zero-order valence-electron chi connectivity index (χ0n) is 15.8. The van der Waals surface area contributed by atoms with Crippen molar-refractivity contribution in [3.8, 4) is 11.5 Å². The van der Waals surface area contributed by atoms with Crippen LogP contribution in [0.4, 0.5) is 4.79 Å². The molecule has 0 radical (unpaired) electrons. The molecule has 2 aliphatic rings. The van der Waals surface area contributed by atoms with E-state index in [1.807, 2.05) is 6.07 Å². The fraction of sp³-hybridized carbons (Fsp3) is 0.350. The van der Waals surface area contributed by atoms with E-state index < -0.39 is 17.5 Å². The van der Waals surface area contributed by atoms with Gasteiger partial charge in [0.25, 0.3) is 5.91 Å². The van der Waals surface area contributed by atoms with Gasteiger partial charge >= 0.3 is 6.03 Å². The van der Waals surface area contributed by atoms with Crippen molar-refractivity contribution >= 4 is 17.8 Å². The van der Waals surface area contributed by atoms with Gasteiger partial charge in [-0.05, 0) is 24.6 Å². The SMILES string of the molecule is C=CCN(CC=C)C(=O)CN1C(=O)N[C@@](C)(Cc2ccc3c(c2)OCO3)C1=O. The van der Waals surface area contributed by atoms with Gasteiger partial charge in [-0.1, -0.05) is 18.2 Å². The highest BCUT2D eigenvalue weighted by molar-refractivity contribution is 6.09. The Labute approximate surface area is 163 Å². The molecular formula is C20H23N3O5. The zero-order chi connectivity index (χ0) is 20.3. The van der Waals surface area contributed by atoms with Gasteiger partial charge < -0.3 is 19.7 Å². The predicted octanol–water partition coefficient (Wildman–Crippen LogP) is 1.47. The molecule has 28 heavy (non-hydrogen) atoms. The molecule has 0 saturated carbocycles. The second-order valence-corrected chi connectivity index (χ2v) is 6.89. The van der Waals surface area contributed by atoms with Crippen molar-refractivity contribution < 1.29 is 23.9 Å². The minimum atomic E-state index is -1.15. The smallest absolute Gasteiger partial charge is 0.325 e.